The van der Waals surface area contributed by atoms with Gasteiger partial charge >= 0.3 is 0 Å². The molecular formula is C27H25N3O2S. The molecule has 0 radical (unpaired) electrons. The highest BCUT2D eigenvalue weighted by atomic mass is 32.2. The van der Waals surface area contributed by atoms with E-state index in [2.05, 4.69) is 28.2 Å². The van der Waals surface area contributed by atoms with Gasteiger partial charge in [-0.2, -0.15) is 0 Å². The Kier molecular flexibility index (Phi) is 6.26. The number of benzene rings is 3. The maximum atomic E-state index is 13.3. The molecule has 0 aliphatic carbocycles. The third-order valence-corrected chi connectivity index (χ3v) is 6.97. The van der Waals surface area contributed by atoms with Gasteiger partial charge in [-0.15, -0.1) is 0 Å². The molecule has 0 bridgehead atoms. The molecule has 1 aliphatic heterocycles. The predicted molar refractivity (Wildman–Crippen MR) is 132 cm³/mol. The van der Waals surface area contributed by atoms with E-state index in [0.717, 1.165) is 45.7 Å². The van der Waals surface area contributed by atoms with Gasteiger partial charge in [-0.05, 0) is 41.7 Å². The lowest BCUT2D eigenvalue weighted by Crippen LogP contribution is -2.42. The number of H-pyrrole nitrogens is 1. The summed E-state index contributed by atoms with van der Waals surface area (Å²) in [5.74, 6) is 0.370. The summed E-state index contributed by atoms with van der Waals surface area (Å²) in [5, 5.41) is 0.725. The monoisotopic (exact) mass is 455 g/mol. The molecule has 33 heavy (non-hydrogen) atoms. The average molecular weight is 456 g/mol. The zero-order valence-electron chi connectivity index (χ0n) is 18.2. The fourth-order valence-electron chi connectivity index (χ4n) is 4.49. The van der Waals surface area contributed by atoms with Gasteiger partial charge in [0, 0.05) is 13.0 Å². The highest BCUT2D eigenvalue weighted by molar-refractivity contribution is 7.99. The SMILES string of the molecule is O=C(Cc1ccccc1-c1ccccc1)C1CCCN1C(=O)CSc1nc2ccccc2[nH]1. The standard InChI is InChI=1S/C27H25N3O2S/c31-25(17-20-11-4-5-12-21(20)19-9-2-1-3-10-19)24-15-8-16-30(24)26(32)18-33-27-28-22-13-6-7-14-23(22)29-27/h1-7,9-14,24H,8,15-18H2,(H,28,29). The quantitative estimate of drug-likeness (QED) is 0.393. The van der Waals surface area contributed by atoms with Crippen LogP contribution in [0.1, 0.15) is 18.4 Å². The summed E-state index contributed by atoms with van der Waals surface area (Å²) >= 11 is 1.39. The molecule has 4 aromatic rings. The Hall–Kier alpha value is -3.38. The molecule has 3 aromatic carbocycles. The average Bonchev–Trinajstić information content (AvgIpc) is 3.51. The van der Waals surface area contributed by atoms with E-state index in [1.165, 1.54) is 11.8 Å². The maximum Gasteiger partial charge on any atom is 0.233 e. The largest absolute Gasteiger partial charge is 0.333 e. The van der Waals surface area contributed by atoms with Crippen LogP contribution in [0.15, 0.2) is 84.0 Å². The first kappa shape index (κ1) is 21.5. The highest BCUT2D eigenvalue weighted by Crippen LogP contribution is 2.27. The van der Waals surface area contributed by atoms with Gasteiger partial charge in [-0.3, -0.25) is 9.59 Å². The van der Waals surface area contributed by atoms with Crippen molar-refractivity contribution in [2.75, 3.05) is 12.3 Å². The van der Waals surface area contributed by atoms with Crippen molar-refractivity contribution >= 4 is 34.5 Å². The van der Waals surface area contributed by atoms with Crippen LogP contribution in [0.25, 0.3) is 22.2 Å². The third-order valence-electron chi connectivity index (χ3n) is 6.11. The van der Waals surface area contributed by atoms with Crippen LogP contribution < -0.4 is 0 Å². The summed E-state index contributed by atoms with van der Waals surface area (Å²) in [6, 6.07) is 25.6. The first-order valence-corrected chi connectivity index (χ1v) is 12.2. The van der Waals surface area contributed by atoms with Crippen molar-refractivity contribution in [2.24, 2.45) is 0 Å². The molecule has 1 unspecified atom stereocenters. The number of para-hydroxylation sites is 2. The normalized spacial score (nSPS) is 15.8. The van der Waals surface area contributed by atoms with Crippen molar-refractivity contribution in [3.63, 3.8) is 0 Å². The second kappa shape index (κ2) is 9.63. The molecule has 5 nitrogen and oxygen atoms in total. The van der Waals surface area contributed by atoms with Crippen LogP contribution in [-0.2, 0) is 16.0 Å². The Balaban J connectivity index is 1.26. The minimum absolute atomic E-state index is 0.00680. The fourth-order valence-corrected chi connectivity index (χ4v) is 5.26. The molecule has 1 saturated heterocycles. The minimum atomic E-state index is -0.349. The zero-order valence-corrected chi connectivity index (χ0v) is 19.1. The second-order valence-corrected chi connectivity index (χ2v) is 9.22. The van der Waals surface area contributed by atoms with E-state index in [4.69, 9.17) is 0 Å². The van der Waals surface area contributed by atoms with Crippen LogP contribution in [0.4, 0.5) is 0 Å². The van der Waals surface area contributed by atoms with E-state index in [0.29, 0.717) is 13.0 Å². The number of hydrogen-bond donors (Lipinski definition) is 1. The number of aromatic nitrogens is 2. The first-order valence-electron chi connectivity index (χ1n) is 11.2. The smallest absolute Gasteiger partial charge is 0.233 e. The third kappa shape index (κ3) is 4.71. The Bertz CT molecular complexity index is 1250. The molecule has 1 atom stereocenters. The molecule has 1 fully saturated rings. The number of amides is 1. The van der Waals surface area contributed by atoms with Gasteiger partial charge < -0.3 is 9.88 Å². The minimum Gasteiger partial charge on any atom is -0.333 e. The summed E-state index contributed by atoms with van der Waals surface area (Å²) in [6.07, 6.45) is 1.92. The number of imidazole rings is 1. The van der Waals surface area contributed by atoms with Crippen molar-refractivity contribution in [3.8, 4) is 11.1 Å². The molecule has 1 amide bonds. The van der Waals surface area contributed by atoms with Gasteiger partial charge in [0.2, 0.25) is 5.91 Å². The Morgan fingerprint density at radius 2 is 1.73 bits per heavy atom. The summed E-state index contributed by atoms with van der Waals surface area (Å²) < 4.78 is 0. The summed E-state index contributed by atoms with van der Waals surface area (Å²) in [7, 11) is 0. The van der Waals surface area contributed by atoms with E-state index in [9.17, 15) is 9.59 Å². The van der Waals surface area contributed by atoms with Crippen molar-refractivity contribution in [3.05, 3.63) is 84.4 Å². The van der Waals surface area contributed by atoms with Crippen molar-refractivity contribution in [1.29, 1.82) is 0 Å². The van der Waals surface area contributed by atoms with Crippen LogP contribution in [0.2, 0.25) is 0 Å². The second-order valence-electron chi connectivity index (χ2n) is 8.26. The van der Waals surface area contributed by atoms with E-state index >= 15 is 0 Å². The molecular weight excluding hydrogens is 430 g/mol. The number of rotatable bonds is 7. The Morgan fingerprint density at radius 3 is 2.58 bits per heavy atom. The van der Waals surface area contributed by atoms with E-state index < -0.39 is 0 Å². The van der Waals surface area contributed by atoms with E-state index in [1.807, 2.05) is 60.7 Å². The van der Waals surface area contributed by atoms with Gasteiger partial charge in [0.05, 0.1) is 22.8 Å². The van der Waals surface area contributed by atoms with Crippen LogP contribution in [-0.4, -0.2) is 44.9 Å². The molecule has 1 N–H and O–H groups in total. The van der Waals surface area contributed by atoms with Crippen molar-refractivity contribution in [2.45, 2.75) is 30.5 Å². The number of carbonyl (C=O) groups excluding carboxylic acids is 2. The molecule has 1 aromatic heterocycles. The molecule has 0 saturated carbocycles. The topological polar surface area (TPSA) is 66.1 Å². The fraction of sp³-hybridized carbons (Fsp3) is 0.222. The van der Waals surface area contributed by atoms with Crippen molar-refractivity contribution < 1.29 is 9.59 Å². The van der Waals surface area contributed by atoms with Gasteiger partial charge in [-0.25, -0.2) is 4.98 Å². The lowest BCUT2D eigenvalue weighted by Gasteiger charge is -2.24. The Morgan fingerprint density at radius 1 is 0.970 bits per heavy atom. The number of aromatic amines is 1. The van der Waals surface area contributed by atoms with Gasteiger partial charge in [-0.1, -0.05) is 78.5 Å². The summed E-state index contributed by atoms with van der Waals surface area (Å²) in [4.78, 5) is 35.8. The number of fused-ring (bicyclic) bond motifs is 1. The van der Waals surface area contributed by atoms with Gasteiger partial charge in [0.1, 0.15) is 0 Å². The van der Waals surface area contributed by atoms with E-state index in [-0.39, 0.29) is 23.5 Å². The van der Waals surface area contributed by atoms with Crippen LogP contribution in [0.5, 0.6) is 0 Å². The molecule has 1 aliphatic rings. The van der Waals surface area contributed by atoms with E-state index in [1.54, 1.807) is 4.90 Å². The number of nitrogens with one attached hydrogen (secondary N) is 1. The van der Waals surface area contributed by atoms with Gasteiger partial charge in [0.25, 0.3) is 0 Å². The first-order chi connectivity index (χ1) is 16.2. The number of likely N-dealkylation sites (tertiary alicyclic amines) is 1. The molecule has 2 heterocycles. The van der Waals surface area contributed by atoms with Crippen molar-refractivity contribution in [1.82, 2.24) is 14.9 Å². The van der Waals surface area contributed by atoms with Crippen LogP contribution >= 0.6 is 11.8 Å². The number of Topliss-reactive ketones (excluding diaryl/α,β-unsaturated/α-hetero) is 1. The number of ketones is 1. The molecule has 166 valence electrons. The zero-order chi connectivity index (χ0) is 22.6. The maximum absolute atomic E-state index is 13.3. The van der Waals surface area contributed by atoms with Gasteiger partial charge in [0.15, 0.2) is 10.9 Å². The molecule has 0 spiro atoms. The van der Waals surface area contributed by atoms with Crippen LogP contribution in [0, 0.1) is 0 Å². The summed E-state index contributed by atoms with van der Waals surface area (Å²) in [6.45, 7) is 0.635. The number of thioether (sulfide) groups is 1. The predicted octanol–water partition coefficient (Wildman–Crippen LogP) is 5.12. The lowest BCUT2D eigenvalue weighted by atomic mass is 9.94. The lowest BCUT2D eigenvalue weighted by molar-refractivity contribution is -0.135. The van der Waals surface area contributed by atoms with Crippen LogP contribution in [0.3, 0.4) is 0 Å². The highest BCUT2D eigenvalue weighted by Gasteiger charge is 2.34. The molecule has 6 heteroatoms. The Labute approximate surface area is 197 Å². The number of nitrogens with zero attached hydrogens (tertiary/aromatic N) is 2. The number of hydrogen-bond acceptors (Lipinski definition) is 4. The number of carbonyl (C=O) groups is 2. The molecule has 5 rings (SSSR count). The summed E-state index contributed by atoms with van der Waals surface area (Å²) in [5.41, 5.74) is 5.02.